The van der Waals surface area contributed by atoms with Crippen molar-refractivity contribution in [2.75, 3.05) is 27.3 Å². The van der Waals surface area contributed by atoms with Crippen molar-refractivity contribution in [2.45, 2.75) is 12.8 Å². The van der Waals surface area contributed by atoms with Gasteiger partial charge in [-0.25, -0.2) is 0 Å². The predicted octanol–water partition coefficient (Wildman–Crippen LogP) is 2.33. The number of nitrogens with one attached hydrogen (secondary N) is 1. The largest absolute Gasteiger partial charge is 0.493 e. The monoisotopic (exact) mass is 325 g/mol. The molecule has 1 aliphatic rings. The lowest BCUT2D eigenvalue weighted by atomic mass is 10.1. The lowest BCUT2D eigenvalue weighted by molar-refractivity contribution is 0.354. The number of aromatic nitrogens is 2. The fourth-order valence-corrected chi connectivity index (χ4v) is 2.57. The van der Waals surface area contributed by atoms with E-state index in [9.17, 15) is 0 Å². The van der Waals surface area contributed by atoms with Gasteiger partial charge in [-0.05, 0) is 43.6 Å². The van der Waals surface area contributed by atoms with Gasteiger partial charge in [0.1, 0.15) is 0 Å². The van der Waals surface area contributed by atoms with E-state index in [0.717, 1.165) is 31.5 Å². The number of halogens is 1. The predicted molar refractivity (Wildman–Crippen MR) is 84.8 cm³/mol. The SMILES string of the molecule is COc1ccc(-c2noc(CC3CCNC3)n2)cc1OC.Cl. The average Bonchev–Trinajstić information content (AvgIpc) is 3.19. The fraction of sp³-hybridized carbons (Fsp3) is 0.467. The third-order valence-electron chi connectivity index (χ3n) is 3.74. The molecular formula is C15H20ClN3O3. The van der Waals surface area contributed by atoms with Crippen LogP contribution in [0.3, 0.4) is 0 Å². The molecular weight excluding hydrogens is 306 g/mol. The van der Waals surface area contributed by atoms with Crippen molar-refractivity contribution in [2.24, 2.45) is 5.92 Å². The van der Waals surface area contributed by atoms with Crippen LogP contribution < -0.4 is 14.8 Å². The summed E-state index contributed by atoms with van der Waals surface area (Å²) in [5, 5.41) is 7.40. The Bertz CT molecular complexity index is 612. The van der Waals surface area contributed by atoms with Gasteiger partial charge in [-0.15, -0.1) is 12.4 Å². The van der Waals surface area contributed by atoms with E-state index in [1.807, 2.05) is 18.2 Å². The average molecular weight is 326 g/mol. The molecule has 2 aromatic rings. The van der Waals surface area contributed by atoms with Gasteiger partial charge in [-0.3, -0.25) is 0 Å². The Hall–Kier alpha value is -1.79. The van der Waals surface area contributed by atoms with Crippen molar-refractivity contribution < 1.29 is 14.0 Å². The van der Waals surface area contributed by atoms with Gasteiger partial charge in [0.2, 0.25) is 11.7 Å². The molecule has 0 saturated carbocycles. The van der Waals surface area contributed by atoms with Gasteiger partial charge in [-0.2, -0.15) is 4.98 Å². The standard InChI is InChI=1S/C15H19N3O3.ClH/c1-19-12-4-3-11(8-13(12)20-2)15-17-14(21-18-15)7-10-5-6-16-9-10;/h3-4,8,10,16H,5-7,9H2,1-2H3;1H. The summed E-state index contributed by atoms with van der Waals surface area (Å²) in [5.41, 5.74) is 0.854. The lowest BCUT2D eigenvalue weighted by Gasteiger charge is -2.07. The Kier molecular flexibility index (Phi) is 5.63. The molecule has 2 heterocycles. The molecule has 1 aromatic heterocycles. The third kappa shape index (κ3) is 3.51. The minimum absolute atomic E-state index is 0. The summed E-state index contributed by atoms with van der Waals surface area (Å²) in [7, 11) is 3.22. The molecule has 0 spiro atoms. The van der Waals surface area contributed by atoms with Crippen LogP contribution in [0.5, 0.6) is 11.5 Å². The summed E-state index contributed by atoms with van der Waals surface area (Å²) >= 11 is 0. The van der Waals surface area contributed by atoms with Gasteiger partial charge in [0.05, 0.1) is 14.2 Å². The van der Waals surface area contributed by atoms with Crippen LogP contribution in [0.15, 0.2) is 22.7 Å². The Balaban J connectivity index is 0.00000176. The van der Waals surface area contributed by atoms with Gasteiger partial charge in [0, 0.05) is 12.0 Å². The number of benzene rings is 1. The molecule has 6 nitrogen and oxygen atoms in total. The van der Waals surface area contributed by atoms with Crippen molar-refractivity contribution >= 4 is 12.4 Å². The Morgan fingerprint density at radius 3 is 2.77 bits per heavy atom. The number of hydrogen-bond acceptors (Lipinski definition) is 6. The van der Waals surface area contributed by atoms with Gasteiger partial charge in [0.25, 0.3) is 0 Å². The second-order valence-electron chi connectivity index (χ2n) is 5.14. The first-order chi connectivity index (χ1) is 10.3. The van der Waals surface area contributed by atoms with Crippen LogP contribution in [-0.4, -0.2) is 37.4 Å². The van der Waals surface area contributed by atoms with Crippen LogP contribution in [0.4, 0.5) is 0 Å². The van der Waals surface area contributed by atoms with Crippen LogP contribution in [-0.2, 0) is 6.42 Å². The number of ether oxygens (including phenoxy) is 2. The number of hydrogen-bond donors (Lipinski definition) is 1. The molecule has 0 bridgehead atoms. The minimum Gasteiger partial charge on any atom is -0.493 e. The van der Waals surface area contributed by atoms with Gasteiger partial charge < -0.3 is 19.3 Å². The second-order valence-corrected chi connectivity index (χ2v) is 5.14. The van der Waals surface area contributed by atoms with Crippen LogP contribution in [0.1, 0.15) is 12.3 Å². The van der Waals surface area contributed by atoms with Crippen molar-refractivity contribution in [1.82, 2.24) is 15.5 Å². The Morgan fingerprint density at radius 1 is 1.27 bits per heavy atom. The van der Waals surface area contributed by atoms with E-state index in [2.05, 4.69) is 15.5 Å². The maximum atomic E-state index is 5.35. The smallest absolute Gasteiger partial charge is 0.227 e. The third-order valence-corrected chi connectivity index (χ3v) is 3.74. The highest BCUT2D eigenvalue weighted by molar-refractivity contribution is 5.85. The summed E-state index contributed by atoms with van der Waals surface area (Å²) in [6.07, 6.45) is 1.99. The van der Waals surface area contributed by atoms with Crippen molar-refractivity contribution in [3.8, 4) is 22.9 Å². The molecule has 1 aromatic carbocycles. The topological polar surface area (TPSA) is 69.4 Å². The Morgan fingerprint density at radius 2 is 2.09 bits per heavy atom. The summed E-state index contributed by atoms with van der Waals surface area (Å²) in [4.78, 5) is 4.47. The van der Waals surface area contributed by atoms with Gasteiger partial charge in [0.15, 0.2) is 11.5 Å². The molecule has 1 fully saturated rings. The zero-order valence-electron chi connectivity index (χ0n) is 12.7. The molecule has 1 aliphatic heterocycles. The zero-order valence-corrected chi connectivity index (χ0v) is 13.5. The highest BCUT2D eigenvalue weighted by Gasteiger charge is 2.19. The molecule has 7 heteroatoms. The number of rotatable bonds is 5. The number of nitrogens with zero attached hydrogens (tertiary/aromatic N) is 2. The molecule has 0 aliphatic carbocycles. The highest BCUT2D eigenvalue weighted by atomic mass is 35.5. The van der Waals surface area contributed by atoms with Crippen LogP contribution in [0.25, 0.3) is 11.4 Å². The fourth-order valence-electron chi connectivity index (χ4n) is 2.57. The first kappa shape index (κ1) is 16.6. The lowest BCUT2D eigenvalue weighted by Crippen LogP contribution is -2.10. The van der Waals surface area contributed by atoms with Crippen molar-refractivity contribution in [1.29, 1.82) is 0 Å². The Labute approximate surface area is 135 Å². The summed E-state index contributed by atoms with van der Waals surface area (Å²) in [6.45, 7) is 2.09. The highest BCUT2D eigenvalue weighted by Crippen LogP contribution is 2.31. The minimum atomic E-state index is 0. The van der Waals surface area contributed by atoms with Gasteiger partial charge in [-0.1, -0.05) is 5.16 Å². The molecule has 1 atom stereocenters. The van der Waals surface area contributed by atoms with E-state index in [0.29, 0.717) is 29.1 Å². The van der Waals surface area contributed by atoms with E-state index >= 15 is 0 Å². The van der Waals surface area contributed by atoms with Gasteiger partial charge >= 0.3 is 0 Å². The van der Waals surface area contributed by atoms with Crippen LogP contribution in [0.2, 0.25) is 0 Å². The quantitative estimate of drug-likeness (QED) is 0.910. The van der Waals surface area contributed by atoms with Crippen LogP contribution in [0, 0.1) is 5.92 Å². The molecule has 1 N–H and O–H groups in total. The molecule has 0 radical (unpaired) electrons. The van der Waals surface area contributed by atoms with E-state index in [1.165, 1.54) is 0 Å². The van der Waals surface area contributed by atoms with Crippen LogP contribution >= 0.6 is 12.4 Å². The first-order valence-corrected chi connectivity index (χ1v) is 7.06. The maximum absolute atomic E-state index is 5.35. The normalized spacial score (nSPS) is 17.1. The molecule has 22 heavy (non-hydrogen) atoms. The summed E-state index contributed by atoms with van der Waals surface area (Å²) in [6, 6.07) is 5.59. The molecule has 1 unspecified atom stereocenters. The summed E-state index contributed by atoms with van der Waals surface area (Å²) in [5.74, 6) is 3.19. The second kappa shape index (κ2) is 7.47. The number of methoxy groups -OCH3 is 2. The van der Waals surface area contributed by atoms with E-state index in [1.54, 1.807) is 14.2 Å². The van der Waals surface area contributed by atoms with Crippen molar-refractivity contribution in [3.05, 3.63) is 24.1 Å². The van der Waals surface area contributed by atoms with E-state index in [4.69, 9.17) is 14.0 Å². The van der Waals surface area contributed by atoms with E-state index < -0.39 is 0 Å². The molecule has 120 valence electrons. The molecule has 1 saturated heterocycles. The summed E-state index contributed by atoms with van der Waals surface area (Å²) < 4.78 is 15.9. The van der Waals surface area contributed by atoms with Crippen molar-refractivity contribution in [3.63, 3.8) is 0 Å². The van der Waals surface area contributed by atoms with E-state index in [-0.39, 0.29) is 12.4 Å². The molecule has 3 rings (SSSR count). The molecule has 0 amide bonds. The maximum Gasteiger partial charge on any atom is 0.227 e. The zero-order chi connectivity index (χ0) is 14.7. The first-order valence-electron chi connectivity index (χ1n) is 7.06.